The van der Waals surface area contributed by atoms with E-state index >= 15 is 0 Å². The molecule has 4 fully saturated rings. The van der Waals surface area contributed by atoms with E-state index in [-0.39, 0.29) is 29.5 Å². The fourth-order valence-electron chi connectivity index (χ4n) is 8.73. The van der Waals surface area contributed by atoms with E-state index in [0.29, 0.717) is 35.5 Å². The minimum Gasteiger partial charge on any atom is -0.481 e. The molecule has 4 nitrogen and oxygen atoms in total. The quantitative estimate of drug-likeness (QED) is 0.659. The van der Waals surface area contributed by atoms with Gasteiger partial charge >= 0.3 is 5.97 Å². The molecule has 4 aliphatic rings. The van der Waals surface area contributed by atoms with Gasteiger partial charge in [-0.1, -0.05) is 20.8 Å². The fraction of sp³-hybridized carbons (Fsp3) is 0.958. The Kier molecular flexibility index (Phi) is 5.36. The fourth-order valence-corrected chi connectivity index (χ4v) is 8.73. The van der Waals surface area contributed by atoms with Crippen molar-refractivity contribution in [3.8, 4) is 0 Å². The van der Waals surface area contributed by atoms with Gasteiger partial charge in [0.2, 0.25) is 0 Å². The molecular formula is C24H40O4. The molecule has 3 N–H and O–H groups in total. The minimum atomic E-state index is -0.684. The molecule has 0 aromatic rings. The third-order valence-electron chi connectivity index (χ3n) is 10.2. The zero-order chi connectivity index (χ0) is 20.3. The number of aliphatic hydroxyl groups excluding tert-OH is 2. The highest BCUT2D eigenvalue weighted by Gasteiger charge is 2.62. The van der Waals surface area contributed by atoms with Crippen molar-refractivity contribution in [3.05, 3.63) is 0 Å². The Hall–Kier alpha value is -0.610. The van der Waals surface area contributed by atoms with Crippen LogP contribution in [0.4, 0.5) is 0 Å². The lowest BCUT2D eigenvalue weighted by atomic mass is 9.43. The molecule has 4 aliphatic carbocycles. The summed E-state index contributed by atoms with van der Waals surface area (Å²) in [5, 5.41) is 30.5. The lowest BCUT2D eigenvalue weighted by Gasteiger charge is -2.62. The van der Waals surface area contributed by atoms with Gasteiger partial charge in [0.1, 0.15) is 0 Å². The number of carboxylic acid groups (broad SMARTS) is 1. The summed E-state index contributed by atoms with van der Waals surface area (Å²) in [7, 11) is 0. The first kappa shape index (κ1) is 20.7. The van der Waals surface area contributed by atoms with Gasteiger partial charge < -0.3 is 15.3 Å². The smallest absolute Gasteiger partial charge is 0.303 e. The summed E-state index contributed by atoms with van der Waals surface area (Å²) in [6, 6.07) is 0. The first-order valence-corrected chi connectivity index (χ1v) is 11.7. The number of hydrogen-bond acceptors (Lipinski definition) is 3. The standard InChI is InChI=1S/C24H40O4/c1-14(4-7-21(27)28)17-5-6-18-22-19(9-11-24(17,18)3)23(2)10-8-16(25)12-15(23)13-20(22)26/h14-20,22,25-26H,4-13H2,1-3H3,(H,27,28)/t14?,15-,16+,17?,18-,19-,20+,22?,23-,24+/m0/s1. The molecule has 4 rings (SSSR count). The van der Waals surface area contributed by atoms with Crippen LogP contribution in [0.3, 0.4) is 0 Å². The molecule has 0 saturated heterocycles. The van der Waals surface area contributed by atoms with E-state index in [4.69, 9.17) is 5.11 Å². The van der Waals surface area contributed by atoms with E-state index in [1.165, 1.54) is 25.7 Å². The molecule has 0 aliphatic heterocycles. The van der Waals surface area contributed by atoms with Crippen LogP contribution in [0.2, 0.25) is 0 Å². The summed E-state index contributed by atoms with van der Waals surface area (Å²) in [6.45, 7) is 7.16. The number of aliphatic hydroxyl groups is 2. The average molecular weight is 393 g/mol. The lowest BCUT2D eigenvalue weighted by molar-refractivity contribution is -0.174. The van der Waals surface area contributed by atoms with Crippen molar-refractivity contribution in [2.75, 3.05) is 0 Å². The summed E-state index contributed by atoms with van der Waals surface area (Å²) >= 11 is 0. The number of rotatable bonds is 4. The van der Waals surface area contributed by atoms with E-state index in [1.807, 2.05) is 0 Å². The zero-order valence-electron chi connectivity index (χ0n) is 17.9. The predicted molar refractivity (Wildman–Crippen MR) is 109 cm³/mol. The SMILES string of the molecule is CC(CCC(=O)O)C1CC[C@H]2C3[C@H](O)C[C@@H]4C[C@H](O)CC[C@]4(C)[C@H]3CC[C@]12C. The van der Waals surface area contributed by atoms with Crippen LogP contribution in [0.15, 0.2) is 0 Å². The van der Waals surface area contributed by atoms with Crippen LogP contribution in [0.1, 0.15) is 85.0 Å². The maximum Gasteiger partial charge on any atom is 0.303 e. The van der Waals surface area contributed by atoms with Crippen LogP contribution in [-0.4, -0.2) is 33.5 Å². The molecule has 0 radical (unpaired) electrons. The largest absolute Gasteiger partial charge is 0.481 e. The van der Waals surface area contributed by atoms with Crippen molar-refractivity contribution in [3.63, 3.8) is 0 Å². The maximum atomic E-state index is 11.2. The number of hydrogen-bond donors (Lipinski definition) is 3. The molecule has 0 spiro atoms. The number of carboxylic acids is 1. The molecule has 4 heteroatoms. The first-order valence-electron chi connectivity index (χ1n) is 11.7. The molecule has 0 aromatic carbocycles. The maximum absolute atomic E-state index is 11.2. The van der Waals surface area contributed by atoms with E-state index in [2.05, 4.69) is 20.8 Å². The van der Waals surface area contributed by atoms with Crippen molar-refractivity contribution in [2.45, 2.75) is 97.2 Å². The molecule has 0 bridgehead atoms. The minimum absolute atomic E-state index is 0.179. The molecule has 3 unspecified atom stereocenters. The Morgan fingerprint density at radius 2 is 1.68 bits per heavy atom. The summed E-state index contributed by atoms with van der Waals surface area (Å²) < 4.78 is 0. The monoisotopic (exact) mass is 392 g/mol. The third-order valence-corrected chi connectivity index (χ3v) is 10.2. The van der Waals surface area contributed by atoms with Crippen molar-refractivity contribution in [2.24, 2.45) is 46.3 Å². The van der Waals surface area contributed by atoms with Crippen molar-refractivity contribution in [1.29, 1.82) is 0 Å². The molecule has 10 atom stereocenters. The van der Waals surface area contributed by atoms with E-state index < -0.39 is 5.97 Å². The summed E-state index contributed by atoms with van der Waals surface area (Å²) in [5.74, 6) is 2.36. The van der Waals surface area contributed by atoms with Crippen LogP contribution >= 0.6 is 0 Å². The van der Waals surface area contributed by atoms with Crippen LogP contribution < -0.4 is 0 Å². The normalized spacial score (nSPS) is 51.7. The molecular weight excluding hydrogens is 352 g/mol. The third kappa shape index (κ3) is 3.14. The molecule has 28 heavy (non-hydrogen) atoms. The molecule has 160 valence electrons. The van der Waals surface area contributed by atoms with Crippen LogP contribution in [-0.2, 0) is 4.79 Å². The molecule has 0 heterocycles. The van der Waals surface area contributed by atoms with Crippen LogP contribution in [0.5, 0.6) is 0 Å². The Balaban J connectivity index is 1.55. The van der Waals surface area contributed by atoms with Crippen molar-refractivity contribution >= 4 is 5.97 Å². The van der Waals surface area contributed by atoms with Gasteiger partial charge in [-0.15, -0.1) is 0 Å². The van der Waals surface area contributed by atoms with Gasteiger partial charge in [0, 0.05) is 6.42 Å². The number of aliphatic carboxylic acids is 1. The molecule has 4 saturated carbocycles. The van der Waals surface area contributed by atoms with Gasteiger partial charge in [-0.25, -0.2) is 0 Å². The lowest BCUT2D eigenvalue weighted by Crippen LogP contribution is -2.58. The van der Waals surface area contributed by atoms with E-state index in [0.717, 1.165) is 32.1 Å². The van der Waals surface area contributed by atoms with Crippen LogP contribution in [0, 0.1) is 46.3 Å². The van der Waals surface area contributed by atoms with Gasteiger partial charge in [-0.2, -0.15) is 0 Å². The highest BCUT2D eigenvalue weighted by Crippen LogP contribution is 2.68. The van der Waals surface area contributed by atoms with E-state index in [9.17, 15) is 15.0 Å². The second-order valence-corrected chi connectivity index (χ2v) is 11.4. The Morgan fingerprint density at radius 1 is 1.00 bits per heavy atom. The zero-order valence-corrected chi connectivity index (χ0v) is 17.9. The summed E-state index contributed by atoms with van der Waals surface area (Å²) in [6.07, 6.45) is 9.19. The topological polar surface area (TPSA) is 77.8 Å². The Morgan fingerprint density at radius 3 is 2.39 bits per heavy atom. The molecule has 0 aromatic heterocycles. The number of carbonyl (C=O) groups is 1. The summed E-state index contributed by atoms with van der Waals surface area (Å²) in [4.78, 5) is 11.1. The van der Waals surface area contributed by atoms with Crippen LogP contribution in [0.25, 0.3) is 0 Å². The van der Waals surface area contributed by atoms with Gasteiger partial charge in [0.05, 0.1) is 12.2 Å². The second-order valence-electron chi connectivity index (χ2n) is 11.4. The van der Waals surface area contributed by atoms with Gasteiger partial charge in [0.25, 0.3) is 0 Å². The first-order chi connectivity index (χ1) is 13.2. The second kappa shape index (κ2) is 7.27. The van der Waals surface area contributed by atoms with Crippen molar-refractivity contribution < 1.29 is 20.1 Å². The molecule has 0 amide bonds. The number of fused-ring (bicyclic) bond motifs is 5. The Bertz CT molecular complexity index is 605. The van der Waals surface area contributed by atoms with Gasteiger partial charge in [-0.3, -0.25) is 4.79 Å². The summed E-state index contributed by atoms with van der Waals surface area (Å²) in [5.41, 5.74) is 0.523. The average Bonchev–Trinajstić information content (AvgIpc) is 2.98. The highest BCUT2D eigenvalue weighted by molar-refractivity contribution is 5.66. The van der Waals surface area contributed by atoms with Crippen molar-refractivity contribution in [1.82, 2.24) is 0 Å². The highest BCUT2D eigenvalue weighted by atomic mass is 16.4. The van der Waals surface area contributed by atoms with Gasteiger partial charge in [-0.05, 0) is 104 Å². The predicted octanol–water partition coefficient (Wildman–Crippen LogP) is 4.48. The Labute approximate surface area is 170 Å². The van der Waals surface area contributed by atoms with E-state index in [1.54, 1.807) is 0 Å². The van der Waals surface area contributed by atoms with Gasteiger partial charge in [0.15, 0.2) is 0 Å².